The third-order valence-electron chi connectivity index (χ3n) is 3.71. The van der Waals surface area contributed by atoms with Crippen LogP contribution in [-0.4, -0.2) is 25.3 Å². The fraction of sp³-hybridized carbons (Fsp3) is 1.00. The monoisotopic (exact) mass is 199 g/mol. The van der Waals surface area contributed by atoms with Gasteiger partial charge in [-0.1, -0.05) is 20.3 Å². The van der Waals surface area contributed by atoms with Gasteiger partial charge in [0.1, 0.15) is 0 Å². The average Bonchev–Trinajstić information content (AvgIpc) is 2.64. The molecule has 0 saturated heterocycles. The van der Waals surface area contributed by atoms with Crippen LogP contribution in [0.15, 0.2) is 0 Å². The van der Waals surface area contributed by atoms with Gasteiger partial charge in [-0.3, -0.25) is 0 Å². The Labute approximate surface area is 88.4 Å². The maximum atomic E-state index is 5.37. The highest BCUT2D eigenvalue weighted by Gasteiger charge is 2.25. The first-order valence-electron chi connectivity index (χ1n) is 5.96. The Morgan fingerprint density at radius 1 is 1.36 bits per heavy atom. The Morgan fingerprint density at radius 3 is 2.57 bits per heavy atom. The number of hydrogen-bond donors (Lipinski definition) is 1. The molecule has 1 rings (SSSR count). The first-order chi connectivity index (χ1) is 6.67. The number of rotatable bonds is 5. The van der Waals surface area contributed by atoms with Gasteiger partial charge in [0, 0.05) is 19.2 Å². The molecule has 0 aromatic heterocycles. The summed E-state index contributed by atoms with van der Waals surface area (Å²) in [5, 5.41) is 3.71. The van der Waals surface area contributed by atoms with Gasteiger partial charge in [-0.05, 0) is 32.1 Å². The van der Waals surface area contributed by atoms with Gasteiger partial charge < -0.3 is 10.1 Å². The molecule has 0 bridgehead atoms. The lowest BCUT2D eigenvalue weighted by Crippen LogP contribution is -2.39. The number of methoxy groups -OCH3 is 1. The molecule has 1 aliphatic rings. The molecule has 1 N–H and O–H groups in total. The van der Waals surface area contributed by atoms with Crippen LogP contribution in [0, 0.1) is 5.92 Å². The third kappa shape index (κ3) is 3.25. The van der Waals surface area contributed by atoms with Gasteiger partial charge in [-0.2, -0.15) is 0 Å². The summed E-state index contributed by atoms with van der Waals surface area (Å²) in [6.45, 7) is 6.88. The largest absolute Gasteiger partial charge is 0.381 e. The van der Waals surface area contributed by atoms with Crippen molar-refractivity contribution in [1.29, 1.82) is 0 Å². The quantitative estimate of drug-likeness (QED) is 0.735. The Balaban J connectivity index is 2.24. The zero-order valence-electron chi connectivity index (χ0n) is 10.0. The molecule has 1 saturated carbocycles. The van der Waals surface area contributed by atoms with E-state index in [4.69, 9.17) is 4.74 Å². The summed E-state index contributed by atoms with van der Waals surface area (Å²) in [4.78, 5) is 0. The smallest absolute Gasteiger partial charge is 0.0586 e. The summed E-state index contributed by atoms with van der Waals surface area (Å²) in [6, 6.07) is 1.32. The molecule has 0 aromatic rings. The summed E-state index contributed by atoms with van der Waals surface area (Å²) in [7, 11) is 1.82. The van der Waals surface area contributed by atoms with Crippen LogP contribution in [0.1, 0.15) is 46.5 Å². The van der Waals surface area contributed by atoms with Gasteiger partial charge in [-0.15, -0.1) is 0 Å². The van der Waals surface area contributed by atoms with Gasteiger partial charge in [0.25, 0.3) is 0 Å². The van der Waals surface area contributed by atoms with Gasteiger partial charge in [0.15, 0.2) is 0 Å². The van der Waals surface area contributed by atoms with Crippen molar-refractivity contribution in [2.45, 2.75) is 64.6 Å². The minimum Gasteiger partial charge on any atom is -0.381 e. The molecule has 1 fully saturated rings. The Kier molecular flexibility index (Phi) is 4.90. The molecule has 0 aromatic carbocycles. The maximum absolute atomic E-state index is 5.37. The molecular weight excluding hydrogens is 174 g/mol. The lowest BCUT2D eigenvalue weighted by atomic mass is 10.00. The highest BCUT2D eigenvalue weighted by Crippen LogP contribution is 2.22. The van der Waals surface area contributed by atoms with Crippen LogP contribution < -0.4 is 5.32 Å². The second-order valence-corrected chi connectivity index (χ2v) is 4.71. The lowest BCUT2D eigenvalue weighted by molar-refractivity contribution is 0.106. The molecule has 84 valence electrons. The van der Waals surface area contributed by atoms with Crippen LogP contribution in [0.25, 0.3) is 0 Å². The van der Waals surface area contributed by atoms with Crippen LogP contribution in [0.4, 0.5) is 0 Å². The summed E-state index contributed by atoms with van der Waals surface area (Å²) in [6.07, 6.45) is 5.45. The lowest BCUT2D eigenvalue weighted by Gasteiger charge is -2.24. The van der Waals surface area contributed by atoms with E-state index in [1.54, 1.807) is 0 Å². The predicted molar refractivity (Wildman–Crippen MR) is 60.5 cm³/mol. The number of ether oxygens (including phenoxy) is 1. The fourth-order valence-corrected chi connectivity index (χ4v) is 2.20. The molecule has 1 aliphatic carbocycles. The molecule has 0 aliphatic heterocycles. The molecule has 0 radical (unpaired) electrons. The SMILES string of the molecule is CCC(C)C(C)NC1CCC(OC)C1. The number of hydrogen-bond acceptors (Lipinski definition) is 2. The molecular formula is C12H25NO. The highest BCUT2D eigenvalue weighted by molar-refractivity contribution is 4.83. The van der Waals surface area contributed by atoms with E-state index in [9.17, 15) is 0 Å². The van der Waals surface area contributed by atoms with Crippen molar-refractivity contribution in [3.05, 3.63) is 0 Å². The first-order valence-corrected chi connectivity index (χ1v) is 5.96. The van der Waals surface area contributed by atoms with Crippen molar-refractivity contribution in [3.63, 3.8) is 0 Å². The third-order valence-corrected chi connectivity index (χ3v) is 3.71. The highest BCUT2D eigenvalue weighted by atomic mass is 16.5. The zero-order valence-corrected chi connectivity index (χ0v) is 10.0. The summed E-state index contributed by atoms with van der Waals surface area (Å²) in [5.41, 5.74) is 0. The maximum Gasteiger partial charge on any atom is 0.0586 e. The topological polar surface area (TPSA) is 21.3 Å². The van der Waals surface area contributed by atoms with Gasteiger partial charge >= 0.3 is 0 Å². The first kappa shape index (κ1) is 12.0. The second-order valence-electron chi connectivity index (χ2n) is 4.71. The molecule has 14 heavy (non-hydrogen) atoms. The van der Waals surface area contributed by atoms with E-state index in [-0.39, 0.29) is 0 Å². The van der Waals surface area contributed by atoms with E-state index in [0.29, 0.717) is 18.2 Å². The standard InChI is InChI=1S/C12H25NO/c1-5-9(2)10(3)13-11-6-7-12(8-11)14-4/h9-13H,5-8H2,1-4H3. The molecule has 2 heteroatoms. The van der Waals surface area contributed by atoms with Crippen molar-refractivity contribution >= 4 is 0 Å². The molecule has 0 heterocycles. The van der Waals surface area contributed by atoms with E-state index >= 15 is 0 Å². The second kappa shape index (κ2) is 5.72. The van der Waals surface area contributed by atoms with Crippen LogP contribution in [0.5, 0.6) is 0 Å². The predicted octanol–water partition coefficient (Wildman–Crippen LogP) is 2.58. The van der Waals surface area contributed by atoms with E-state index in [1.807, 2.05) is 7.11 Å². The van der Waals surface area contributed by atoms with Gasteiger partial charge in [0.2, 0.25) is 0 Å². The minimum absolute atomic E-state index is 0.497. The van der Waals surface area contributed by atoms with Crippen LogP contribution in [0.3, 0.4) is 0 Å². The summed E-state index contributed by atoms with van der Waals surface area (Å²) < 4.78 is 5.37. The van der Waals surface area contributed by atoms with Crippen LogP contribution >= 0.6 is 0 Å². The summed E-state index contributed by atoms with van der Waals surface area (Å²) >= 11 is 0. The molecule has 2 nitrogen and oxygen atoms in total. The Morgan fingerprint density at radius 2 is 2.07 bits per heavy atom. The van der Waals surface area contributed by atoms with Gasteiger partial charge in [0.05, 0.1) is 6.10 Å². The van der Waals surface area contributed by atoms with E-state index < -0.39 is 0 Å². The van der Waals surface area contributed by atoms with E-state index in [0.717, 1.165) is 5.92 Å². The van der Waals surface area contributed by atoms with Crippen molar-refractivity contribution in [2.24, 2.45) is 5.92 Å². The normalized spacial score (nSPS) is 31.7. The van der Waals surface area contributed by atoms with E-state index in [1.165, 1.54) is 25.7 Å². The fourth-order valence-electron chi connectivity index (χ4n) is 2.20. The number of nitrogens with one attached hydrogen (secondary N) is 1. The minimum atomic E-state index is 0.497. The molecule has 4 atom stereocenters. The Hall–Kier alpha value is -0.0800. The molecule has 4 unspecified atom stereocenters. The summed E-state index contributed by atoms with van der Waals surface area (Å²) in [5.74, 6) is 0.775. The van der Waals surface area contributed by atoms with E-state index in [2.05, 4.69) is 26.1 Å². The van der Waals surface area contributed by atoms with Crippen LogP contribution in [-0.2, 0) is 4.74 Å². The Bertz CT molecular complexity index is 160. The van der Waals surface area contributed by atoms with Crippen molar-refractivity contribution in [3.8, 4) is 0 Å². The van der Waals surface area contributed by atoms with Crippen LogP contribution in [0.2, 0.25) is 0 Å². The van der Waals surface area contributed by atoms with Crippen molar-refractivity contribution < 1.29 is 4.74 Å². The molecule has 0 amide bonds. The van der Waals surface area contributed by atoms with Crippen molar-refractivity contribution in [2.75, 3.05) is 7.11 Å². The average molecular weight is 199 g/mol. The zero-order chi connectivity index (χ0) is 10.6. The van der Waals surface area contributed by atoms with Crippen molar-refractivity contribution in [1.82, 2.24) is 5.32 Å². The molecule has 0 spiro atoms. The van der Waals surface area contributed by atoms with Gasteiger partial charge in [-0.25, -0.2) is 0 Å².